The van der Waals surface area contributed by atoms with Gasteiger partial charge in [-0.1, -0.05) is 41.7 Å². The number of ether oxygens (including phenoxy) is 1. The molecule has 128 valence electrons. The Hall–Kier alpha value is -0.950. The molecule has 1 aromatic carbocycles. The van der Waals surface area contributed by atoms with Crippen LogP contribution in [0.15, 0.2) is 24.3 Å². The third-order valence-electron chi connectivity index (χ3n) is 2.65. The summed E-state index contributed by atoms with van der Waals surface area (Å²) < 4.78 is 3.60. The number of halogens is 3. The molecule has 0 aliphatic rings. The molecule has 9 heteroatoms. The highest BCUT2D eigenvalue weighted by Crippen LogP contribution is 2.29. The monoisotopic (exact) mass is 397 g/mol. The molecule has 23 heavy (non-hydrogen) atoms. The first-order valence-electron chi connectivity index (χ1n) is 6.92. The third-order valence-corrected chi connectivity index (χ3v) is 3.53. The molecule has 0 unspecified atom stereocenters. The lowest BCUT2D eigenvalue weighted by molar-refractivity contribution is -0.121. The van der Waals surface area contributed by atoms with Crippen LogP contribution in [0.3, 0.4) is 0 Å². The van der Waals surface area contributed by atoms with Crippen molar-refractivity contribution >= 4 is 63.7 Å². The quantitative estimate of drug-likeness (QED) is 0.388. The first-order valence-corrected chi connectivity index (χ1v) is 8.47. The van der Waals surface area contributed by atoms with Crippen molar-refractivity contribution in [2.24, 2.45) is 0 Å². The number of thiocarbonyl (C=S) groups is 1. The second-order valence-electron chi connectivity index (χ2n) is 4.45. The van der Waals surface area contributed by atoms with Crippen LogP contribution in [0.4, 0.5) is 5.69 Å². The minimum absolute atomic E-state index is 0.210. The number of amides is 1. The number of hydrogen-bond acceptors (Lipinski definition) is 3. The van der Waals surface area contributed by atoms with E-state index in [1.165, 1.54) is 0 Å². The van der Waals surface area contributed by atoms with Crippen LogP contribution in [0, 0.1) is 0 Å². The molecule has 0 aliphatic heterocycles. The van der Waals surface area contributed by atoms with Crippen molar-refractivity contribution < 1.29 is 9.53 Å². The van der Waals surface area contributed by atoms with Gasteiger partial charge in [0, 0.05) is 12.1 Å². The van der Waals surface area contributed by atoms with Gasteiger partial charge in [-0.2, -0.15) is 0 Å². The molecular weight excluding hydrogens is 381 g/mol. The van der Waals surface area contributed by atoms with Crippen molar-refractivity contribution in [1.29, 1.82) is 0 Å². The van der Waals surface area contributed by atoms with Crippen molar-refractivity contribution in [3.8, 4) is 5.75 Å². The Labute approximate surface area is 156 Å². The maximum absolute atomic E-state index is 11.5. The number of hydrogen-bond donors (Lipinski definition) is 3. The molecule has 0 spiro atoms. The second kappa shape index (κ2) is 9.37. The summed E-state index contributed by atoms with van der Waals surface area (Å²) in [4.78, 5) is 11.5. The summed E-state index contributed by atoms with van der Waals surface area (Å²) in [7, 11) is 0. The van der Waals surface area contributed by atoms with Gasteiger partial charge in [-0.25, -0.2) is 0 Å². The smallest absolute Gasteiger partial charge is 0.228 e. The Kier molecular flexibility index (Phi) is 8.19. The van der Waals surface area contributed by atoms with Crippen molar-refractivity contribution in [3.05, 3.63) is 24.3 Å². The standard InChI is InChI=1S/C14H18Cl3N3O2S/c1-3-11(21)19-12(14(15,16)17)20-13(23)18-9-5-7-10(8-6-9)22-4-2/h5-8,12H,3-4H2,1-2H3,(H,19,21)(H2,18,20,23)/t12-/m0/s1. The molecular formula is C14H18Cl3N3O2S. The van der Waals surface area contributed by atoms with Crippen LogP contribution in [0.25, 0.3) is 0 Å². The summed E-state index contributed by atoms with van der Waals surface area (Å²) >= 11 is 22.7. The van der Waals surface area contributed by atoms with Gasteiger partial charge in [0.1, 0.15) is 11.9 Å². The van der Waals surface area contributed by atoms with E-state index in [1.807, 2.05) is 6.92 Å². The van der Waals surface area contributed by atoms with Crippen LogP contribution in [0.2, 0.25) is 0 Å². The minimum atomic E-state index is -1.75. The Morgan fingerprint density at radius 2 is 1.83 bits per heavy atom. The summed E-state index contributed by atoms with van der Waals surface area (Å²) in [6.07, 6.45) is -0.694. The molecule has 0 aliphatic carbocycles. The Balaban J connectivity index is 2.66. The van der Waals surface area contributed by atoms with E-state index in [0.717, 1.165) is 11.4 Å². The molecule has 0 saturated heterocycles. The van der Waals surface area contributed by atoms with Crippen LogP contribution in [-0.4, -0.2) is 27.6 Å². The third kappa shape index (κ3) is 7.44. The molecule has 1 rings (SSSR count). The molecule has 0 aromatic heterocycles. The van der Waals surface area contributed by atoms with Crippen molar-refractivity contribution in [3.63, 3.8) is 0 Å². The average molecular weight is 399 g/mol. The normalized spacial score (nSPS) is 12.2. The molecule has 1 aromatic rings. The lowest BCUT2D eigenvalue weighted by atomic mass is 10.3. The predicted octanol–water partition coefficient (Wildman–Crippen LogP) is 3.59. The largest absolute Gasteiger partial charge is 0.494 e. The fourth-order valence-corrected chi connectivity index (χ4v) is 2.13. The molecule has 1 amide bonds. The molecule has 1 atom stereocenters. The highest BCUT2D eigenvalue weighted by molar-refractivity contribution is 7.80. The van der Waals surface area contributed by atoms with Crippen molar-refractivity contribution in [2.45, 2.75) is 30.2 Å². The van der Waals surface area contributed by atoms with Crippen LogP contribution in [-0.2, 0) is 4.79 Å². The van der Waals surface area contributed by atoms with Gasteiger partial charge in [-0.3, -0.25) is 4.79 Å². The SMILES string of the molecule is CCOc1ccc(NC(=S)N[C@H](NC(=O)CC)C(Cl)(Cl)Cl)cc1. The van der Waals surface area contributed by atoms with Crippen LogP contribution < -0.4 is 20.7 Å². The number of anilines is 1. The number of carbonyl (C=O) groups excluding carboxylic acids is 1. The number of nitrogens with one attached hydrogen (secondary N) is 3. The topological polar surface area (TPSA) is 62.4 Å². The van der Waals surface area contributed by atoms with E-state index in [9.17, 15) is 4.79 Å². The van der Waals surface area contributed by atoms with Gasteiger partial charge in [0.25, 0.3) is 0 Å². The Morgan fingerprint density at radius 3 is 2.30 bits per heavy atom. The highest BCUT2D eigenvalue weighted by Gasteiger charge is 2.34. The number of alkyl halides is 3. The van der Waals surface area contributed by atoms with Crippen molar-refractivity contribution in [2.75, 3.05) is 11.9 Å². The zero-order chi connectivity index (χ0) is 17.5. The molecule has 0 saturated carbocycles. The zero-order valence-corrected chi connectivity index (χ0v) is 15.7. The Bertz CT molecular complexity index is 535. The number of rotatable bonds is 6. The summed E-state index contributed by atoms with van der Waals surface area (Å²) in [6, 6.07) is 7.21. The summed E-state index contributed by atoms with van der Waals surface area (Å²) in [6.45, 7) is 4.20. The van der Waals surface area contributed by atoms with Gasteiger partial charge >= 0.3 is 0 Å². The first kappa shape index (κ1) is 20.1. The number of carbonyl (C=O) groups is 1. The molecule has 0 bridgehead atoms. The lowest BCUT2D eigenvalue weighted by Crippen LogP contribution is -2.56. The molecule has 0 fully saturated rings. The minimum Gasteiger partial charge on any atom is -0.494 e. The maximum atomic E-state index is 11.5. The average Bonchev–Trinajstić information content (AvgIpc) is 2.47. The van der Waals surface area contributed by atoms with Gasteiger partial charge in [-0.15, -0.1) is 0 Å². The van der Waals surface area contributed by atoms with Gasteiger partial charge in [-0.05, 0) is 43.4 Å². The van der Waals surface area contributed by atoms with E-state index in [-0.39, 0.29) is 17.4 Å². The van der Waals surface area contributed by atoms with E-state index in [2.05, 4.69) is 16.0 Å². The van der Waals surface area contributed by atoms with Crippen LogP contribution >= 0.6 is 47.0 Å². The van der Waals surface area contributed by atoms with Crippen LogP contribution in [0.5, 0.6) is 5.75 Å². The summed E-state index contributed by atoms with van der Waals surface area (Å²) in [5.41, 5.74) is 0.732. The van der Waals surface area contributed by atoms with E-state index >= 15 is 0 Å². The fourth-order valence-electron chi connectivity index (χ4n) is 1.56. The molecule has 0 heterocycles. The van der Waals surface area contributed by atoms with E-state index in [1.54, 1.807) is 31.2 Å². The summed E-state index contributed by atoms with van der Waals surface area (Å²) in [5, 5.41) is 8.48. The molecule has 0 radical (unpaired) electrons. The predicted molar refractivity (Wildman–Crippen MR) is 99.5 cm³/mol. The van der Waals surface area contributed by atoms with Crippen molar-refractivity contribution in [1.82, 2.24) is 10.6 Å². The van der Waals surface area contributed by atoms with Gasteiger partial charge in [0.15, 0.2) is 5.11 Å². The van der Waals surface area contributed by atoms with Gasteiger partial charge < -0.3 is 20.7 Å². The fraction of sp³-hybridized carbons (Fsp3) is 0.429. The Morgan fingerprint density at radius 1 is 1.22 bits per heavy atom. The van der Waals surface area contributed by atoms with Crippen LogP contribution in [0.1, 0.15) is 20.3 Å². The highest BCUT2D eigenvalue weighted by atomic mass is 35.6. The van der Waals surface area contributed by atoms with E-state index in [4.69, 9.17) is 51.8 Å². The molecule has 5 nitrogen and oxygen atoms in total. The van der Waals surface area contributed by atoms with E-state index < -0.39 is 9.96 Å². The van der Waals surface area contributed by atoms with Gasteiger partial charge in [0.2, 0.25) is 9.70 Å². The van der Waals surface area contributed by atoms with E-state index in [0.29, 0.717) is 6.61 Å². The maximum Gasteiger partial charge on any atom is 0.228 e. The lowest BCUT2D eigenvalue weighted by Gasteiger charge is -2.27. The first-order chi connectivity index (χ1) is 10.8. The second-order valence-corrected chi connectivity index (χ2v) is 7.23. The zero-order valence-electron chi connectivity index (χ0n) is 12.7. The number of benzene rings is 1. The summed E-state index contributed by atoms with van der Waals surface area (Å²) in [5.74, 6) is 0.490. The van der Waals surface area contributed by atoms with Gasteiger partial charge in [0.05, 0.1) is 6.61 Å². The molecule has 3 N–H and O–H groups in total.